The first-order valence-electron chi connectivity index (χ1n) is 8.31. The fraction of sp³-hybridized carbons (Fsp3) is 0.938. The Hall–Kier alpha value is -0.570. The first-order valence-corrected chi connectivity index (χ1v) is 8.31. The fourth-order valence-corrected chi connectivity index (χ4v) is 3.76. The predicted molar refractivity (Wildman–Crippen MR) is 78.8 cm³/mol. The zero-order valence-electron chi connectivity index (χ0n) is 12.3. The van der Waals surface area contributed by atoms with Crippen LogP contribution < -0.4 is 5.73 Å². The SMILES string of the molecule is NCCCN(C(=O)CCC1CCCC1)C1CCCC1. The van der Waals surface area contributed by atoms with Crippen LogP contribution in [0.5, 0.6) is 0 Å². The summed E-state index contributed by atoms with van der Waals surface area (Å²) < 4.78 is 0. The van der Waals surface area contributed by atoms with Crippen LogP contribution in [-0.4, -0.2) is 29.9 Å². The number of carbonyl (C=O) groups excluding carboxylic acids is 1. The molecule has 0 saturated heterocycles. The minimum absolute atomic E-state index is 0.396. The van der Waals surface area contributed by atoms with Crippen molar-refractivity contribution in [2.75, 3.05) is 13.1 Å². The summed E-state index contributed by atoms with van der Waals surface area (Å²) in [4.78, 5) is 14.6. The Balaban J connectivity index is 1.79. The second-order valence-electron chi connectivity index (χ2n) is 6.36. The Labute approximate surface area is 117 Å². The molecule has 0 heterocycles. The minimum atomic E-state index is 0.396. The summed E-state index contributed by atoms with van der Waals surface area (Å²) in [6, 6.07) is 0.516. The average Bonchev–Trinajstić information content (AvgIpc) is 3.10. The highest BCUT2D eigenvalue weighted by Crippen LogP contribution is 2.30. The van der Waals surface area contributed by atoms with Gasteiger partial charge in [0.05, 0.1) is 0 Å². The van der Waals surface area contributed by atoms with Crippen LogP contribution in [0.1, 0.15) is 70.6 Å². The summed E-state index contributed by atoms with van der Waals surface area (Å²) in [6.45, 7) is 1.57. The molecular formula is C16H30N2O. The smallest absolute Gasteiger partial charge is 0.222 e. The van der Waals surface area contributed by atoms with Crippen molar-refractivity contribution >= 4 is 5.91 Å². The summed E-state index contributed by atoms with van der Waals surface area (Å²) in [5, 5.41) is 0. The monoisotopic (exact) mass is 266 g/mol. The van der Waals surface area contributed by atoms with Crippen molar-refractivity contribution in [2.45, 2.75) is 76.7 Å². The molecule has 2 saturated carbocycles. The number of carbonyl (C=O) groups is 1. The van der Waals surface area contributed by atoms with E-state index in [0.29, 0.717) is 18.5 Å². The number of nitrogens with zero attached hydrogens (tertiary/aromatic N) is 1. The van der Waals surface area contributed by atoms with Gasteiger partial charge in [0.25, 0.3) is 0 Å². The second kappa shape index (κ2) is 7.88. The van der Waals surface area contributed by atoms with Gasteiger partial charge in [-0.2, -0.15) is 0 Å². The van der Waals surface area contributed by atoms with Crippen LogP contribution in [0.3, 0.4) is 0 Å². The van der Waals surface area contributed by atoms with Gasteiger partial charge in [0.2, 0.25) is 5.91 Å². The second-order valence-corrected chi connectivity index (χ2v) is 6.36. The molecule has 0 unspecified atom stereocenters. The molecule has 0 aromatic carbocycles. The Kier molecular flexibility index (Phi) is 6.15. The summed E-state index contributed by atoms with van der Waals surface area (Å²) >= 11 is 0. The van der Waals surface area contributed by atoms with E-state index in [1.807, 2.05) is 0 Å². The number of rotatable bonds is 7. The van der Waals surface area contributed by atoms with E-state index in [-0.39, 0.29) is 0 Å². The van der Waals surface area contributed by atoms with Crippen LogP contribution in [0.4, 0.5) is 0 Å². The van der Waals surface area contributed by atoms with Crippen LogP contribution in [0.2, 0.25) is 0 Å². The first-order chi connectivity index (χ1) is 9.31. The number of hydrogen-bond acceptors (Lipinski definition) is 2. The third kappa shape index (κ3) is 4.48. The summed E-state index contributed by atoms with van der Waals surface area (Å²) in [7, 11) is 0. The van der Waals surface area contributed by atoms with E-state index in [1.165, 1.54) is 51.4 Å². The van der Waals surface area contributed by atoms with Gasteiger partial charge in [-0.3, -0.25) is 4.79 Å². The lowest BCUT2D eigenvalue weighted by Crippen LogP contribution is -2.40. The van der Waals surface area contributed by atoms with Gasteiger partial charge in [0, 0.05) is 19.0 Å². The number of amides is 1. The Morgan fingerprint density at radius 2 is 1.68 bits per heavy atom. The van der Waals surface area contributed by atoms with Crippen LogP contribution in [0.15, 0.2) is 0 Å². The van der Waals surface area contributed by atoms with Crippen molar-refractivity contribution in [3.8, 4) is 0 Å². The zero-order chi connectivity index (χ0) is 13.5. The molecule has 2 aliphatic rings. The maximum absolute atomic E-state index is 12.5. The molecule has 0 aromatic heterocycles. The molecule has 0 spiro atoms. The molecule has 0 radical (unpaired) electrons. The van der Waals surface area contributed by atoms with Crippen molar-refractivity contribution in [3.63, 3.8) is 0 Å². The van der Waals surface area contributed by atoms with Crippen LogP contribution in [0.25, 0.3) is 0 Å². The maximum atomic E-state index is 12.5. The van der Waals surface area contributed by atoms with E-state index in [0.717, 1.165) is 31.7 Å². The molecule has 0 atom stereocenters. The van der Waals surface area contributed by atoms with Crippen LogP contribution in [0, 0.1) is 5.92 Å². The molecule has 0 bridgehead atoms. The van der Waals surface area contributed by atoms with E-state index in [2.05, 4.69) is 4.90 Å². The van der Waals surface area contributed by atoms with Gasteiger partial charge in [-0.25, -0.2) is 0 Å². The molecule has 2 fully saturated rings. The lowest BCUT2D eigenvalue weighted by Gasteiger charge is -2.29. The van der Waals surface area contributed by atoms with Crippen LogP contribution >= 0.6 is 0 Å². The zero-order valence-corrected chi connectivity index (χ0v) is 12.3. The standard InChI is InChI=1S/C16H30N2O/c17-12-5-13-18(15-8-3-4-9-15)16(19)11-10-14-6-1-2-7-14/h14-15H,1-13,17H2. The Morgan fingerprint density at radius 3 is 2.32 bits per heavy atom. The quantitative estimate of drug-likeness (QED) is 0.769. The normalized spacial score (nSPS) is 21.1. The highest BCUT2D eigenvalue weighted by atomic mass is 16.2. The molecule has 110 valence electrons. The average molecular weight is 266 g/mol. The van der Waals surface area contributed by atoms with Gasteiger partial charge in [0.15, 0.2) is 0 Å². The molecule has 3 nitrogen and oxygen atoms in total. The van der Waals surface area contributed by atoms with Gasteiger partial charge < -0.3 is 10.6 Å². The minimum Gasteiger partial charge on any atom is -0.340 e. The van der Waals surface area contributed by atoms with E-state index in [4.69, 9.17) is 5.73 Å². The summed E-state index contributed by atoms with van der Waals surface area (Å²) in [6.07, 6.45) is 13.3. The summed E-state index contributed by atoms with van der Waals surface area (Å²) in [5.41, 5.74) is 5.61. The molecular weight excluding hydrogens is 236 g/mol. The Morgan fingerprint density at radius 1 is 1.05 bits per heavy atom. The predicted octanol–water partition coefficient (Wildman–Crippen LogP) is 3.08. The molecule has 2 N–H and O–H groups in total. The van der Waals surface area contributed by atoms with Gasteiger partial charge in [-0.15, -0.1) is 0 Å². The molecule has 19 heavy (non-hydrogen) atoms. The topological polar surface area (TPSA) is 46.3 Å². The van der Waals surface area contributed by atoms with E-state index < -0.39 is 0 Å². The summed E-state index contributed by atoms with van der Waals surface area (Å²) in [5.74, 6) is 1.22. The first kappa shape index (κ1) is 14.8. The van der Waals surface area contributed by atoms with Gasteiger partial charge >= 0.3 is 0 Å². The van der Waals surface area contributed by atoms with E-state index in [9.17, 15) is 4.79 Å². The lowest BCUT2D eigenvalue weighted by atomic mass is 10.0. The van der Waals surface area contributed by atoms with Crippen molar-refractivity contribution < 1.29 is 4.79 Å². The molecule has 0 aromatic rings. The fourth-order valence-electron chi connectivity index (χ4n) is 3.76. The van der Waals surface area contributed by atoms with Gasteiger partial charge in [0.1, 0.15) is 0 Å². The Bertz CT molecular complexity index is 268. The molecule has 2 rings (SSSR count). The molecule has 2 aliphatic carbocycles. The number of nitrogens with two attached hydrogens (primary N) is 1. The van der Waals surface area contributed by atoms with Gasteiger partial charge in [-0.1, -0.05) is 38.5 Å². The molecule has 1 amide bonds. The van der Waals surface area contributed by atoms with Crippen molar-refractivity contribution in [1.82, 2.24) is 4.90 Å². The third-order valence-electron chi connectivity index (χ3n) is 4.93. The largest absolute Gasteiger partial charge is 0.340 e. The van der Waals surface area contributed by atoms with E-state index in [1.54, 1.807) is 0 Å². The molecule has 3 heteroatoms. The van der Waals surface area contributed by atoms with Gasteiger partial charge in [-0.05, 0) is 38.1 Å². The van der Waals surface area contributed by atoms with Crippen molar-refractivity contribution in [2.24, 2.45) is 11.7 Å². The molecule has 0 aliphatic heterocycles. The van der Waals surface area contributed by atoms with Crippen LogP contribution in [-0.2, 0) is 4.79 Å². The van der Waals surface area contributed by atoms with E-state index >= 15 is 0 Å². The number of hydrogen-bond donors (Lipinski definition) is 1. The lowest BCUT2D eigenvalue weighted by molar-refractivity contribution is -0.133. The van der Waals surface area contributed by atoms with Crippen molar-refractivity contribution in [3.05, 3.63) is 0 Å². The highest BCUT2D eigenvalue weighted by molar-refractivity contribution is 5.76. The van der Waals surface area contributed by atoms with Crippen molar-refractivity contribution in [1.29, 1.82) is 0 Å². The highest BCUT2D eigenvalue weighted by Gasteiger charge is 2.26. The third-order valence-corrected chi connectivity index (χ3v) is 4.93. The maximum Gasteiger partial charge on any atom is 0.222 e.